The van der Waals surface area contributed by atoms with Gasteiger partial charge in [0.2, 0.25) is 0 Å². The molecule has 0 spiro atoms. The maximum Gasteiger partial charge on any atom is 0.0650 e. The van der Waals surface area contributed by atoms with Crippen LogP contribution >= 0.6 is 11.3 Å². The fraction of sp³-hybridized carbons (Fsp3) is 0.412. The lowest BCUT2D eigenvalue weighted by Crippen LogP contribution is -2.42. The van der Waals surface area contributed by atoms with Crippen LogP contribution in [0.25, 0.3) is 0 Å². The van der Waals surface area contributed by atoms with E-state index in [4.69, 9.17) is 0 Å². The van der Waals surface area contributed by atoms with E-state index in [1.54, 1.807) is 10.4 Å². The monoisotopic (exact) mass is 269 g/mol. The zero-order valence-electron chi connectivity index (χ0n) is 11.7. The Morgan fingerprint density at radius 2 is 2.05 bits per heavy atom. The SMILES string of the molecule is Cc1ccccc1N1C2CC(C)(c3ccsc32)[C@@H]1C. The number of para-hydroxylation sites is 1. The molecule has 2 unspecified atom stereocenters. The summed E-state index contributed by atoms with van der Waals surface area (Å²) in [6, 6.07) is 12.3. The summed E-state index contributed by atoms with van der Waals surface area (Å²) in [5.74, 6) is 0. The predicted octanol–water partition coefficient (Wildman–Crippen LogP) is 4.67. The van der Waals surface area contributed by atoms with Crippen molar-refractivity contribution in [3.05, 3.63) is 51.7 Å². The van der Waals surface area contributed by atoms with Gasteiger partial charge in [0.1, 0.15) is 0 Å². The van der Waals surface area contributed by atoms with E-state index >= 15 is 0 Å². The number of nitrogens with zero attached hydrogens (tertiary/aromatic N) is 1. The zero-order chi connectivity index (χ0) is 13.2. The third-order valence-corrected chi connectivity index (χ3v) is 6.32. The highest BCUT2D eigenvalue weighted by molar-refractivity contribution is 7.10. The minimum Gasteiger partial charge on any atom is -0.360 e. The second-order valence-corrected chi connectivity index (χ2v) is 7.15. The van der Waals surface area contributed by atoms with Gasteiger partial charge in [-0.1, -0.05) is 25.1 Å². The van der Waals surface area contributed by atoms with E-state index < -0.39 is 0 Å². The van der Waals surface area contributed by atoms with Crippen LogP contribution in [0.1, 0.15) is 42.3 Å². The first kappa shape index (κ1) is 11.5. The van der Waals surface area contributed by atoms with Gasteiger partial charge < -0.3 is 4.90 Å². The van der Waals surface area contributed by atoms with Crippen molar-refractivity contribution in [1.29, 1.82) is 0 Å². The molecule has 2 heterocycles. The van der Waals surface area contributed by atoms with E-state index in [-0.39, 0.29) is 0 Å². The number of anilines is 1. The molecule has 0 N–H and O–H groups in total. The van der Waals surface area contributed by atoms with Crippen molar-refractivity contribution < 1.29 is 0 Å². The van der Waals surface area contributed by atoms with Gasteiger partial charge in [0.25, 0.3) is 0 Å². The highest BCUT2D eigenvalue weighted by atomic mass is 32.1. The molecule has 2 aliphatic rings. The van der Waals surface area contributed by atoms with Gasteiger partial charge in [0.05, 0.1) is 6.04 Å². The first-order chi connectivity index (χ1) is 9.13. The molecule has 19 heavy (non-hydrogen) atoms. The lowest BCUT2D eigenvalue weighted by molar-refractivity contribution is 0.451. The predicted molar refractivity (Wildman–Crippen MR) is 82.1 cm³/mol. The van der Waals surface area contributed by atoms with Crippen LogP contribution in [0.15, 0.2) is 35.7 Å². The highest BCUT2D eigenvalue weighted by Gasteiger charge is 2.56. The smallest absolute Gasteiger partial charge is 0.0650 e. The molecule has 98 valence electrons. The Bertz CT molecular complexity index is 644. The molecule has 2 heteroatoms. The summed E-state index contributed by atoms with van der Waals surface area (Å²) in [4.78, 5) is 4.26. The van der Waals surface area contributed by atoms with Gasteiger partial charge in [0, 0.05) is 22.0 Å². The number of fused-ring (bicyclic) bond motifs is 5. The van der Waals surface area contributed by atoms with Crippen LogP contribution in [0.4, 0.5) is 5.69 Å². The molecule has 2 bridgehead atoms. The van der Waals surface area contributed by atoms with Crippen molar-refractivity contribution in [1.82, 2.24) is 0 Å². The van der Waals surface area contributed by atoms with E-state index in [9.17, 15) is 0 Å². The summed E-state index contributed by atoms with van der Waals surface area (Å²) in [6.45, 7) is 7.07. The van der Waals surface area contributed by atoms with Gasteiger partial charge in [-0.05, 0) is 48.9 Å². The van der Waals surface area contributed by atoms with Crippen molar-refractivity contribution in [3.63, 3.8) is 0 Å². The summed E-state index contributed by atoms with van der Waals surface area (Å²) < 4.78 is 0. The number of aryl methyl sites for hydroxylation is 1. The third kappa shape index (κ3) is 1.30. The molecule has 3 atom stereocenters. The van der Waals surface area contributed by atoms with E-state index in [1.165, 1.54) is 17.7 Å². The van der Waals surface area contributed by atoms with Crippen LogP contribution in [0.2, 0.25) is 0 Å². The molecule has 1 aromatic heterocycles. The Balaban J connectivity index is 1.88. The molecule has 1 fully saturated rings. The van der Waals surface area contributed by atoms with E-state index in [2.05, 4.69) is 61.4 Å². The number of hydrogen-bond donors (Lipinski definition) is 0. The molecule has 0 saturated carbocycles. The molecule has 1 nitrogen and oxygen atoms in total. The second-order valence-electron chi connectivity index (χ2n) is 6.21. The fourth-order valence-corrected chi connectivity index (χ4v) is 5.21. The van der Waals surface area contributed by atoms with Gasteiger partial charge in [-0.2, -0.15) is 0 Å². The van der Waals surface area contributed by atoms with Crippen LogP contribution in [-0.2, 0) is 5.41 Å². The van der Waals surface area contributed by atoms with Crippen molar-refractivity contribution >= 4 is 17.0 Å². The van der Waals surface area contributed by atoms with Crippen molar-refractivity contribution in [3.8, 4) is 0 Å². The summed E-state index contributed by atoms with van der Waals surface area (Å²) in [7, 11) is 0. The van der Waals surface area contributed by atoms with E-state index in [1.807, 2.05) is 11.3 Å². The number of thiophene rings is 1. The van der Waals surface area contributed by atoms with Gasteiger partial charge in [-0.3, -0.25) is 0 Å². The van der Waals surface area contributed by atoms with Gasteiger partial charge >= 0.3 is 0 Å². The summed E-state index contributed by atoms with van der Waals surface area (Å²) in [5.41, 5.74) is 4.76. The average molecular weight is 269 g/mol. The van der Waals surface area contributed by atoms with Crippen molar-refractivity contribution in [2.45, 2.75) is 44.7 Å². The zero-order valence-corrected chi connectivity index (χ0v) is 12.5. The van der Waals surface area contributed by atoms with Crippen molar-refractivity contribution in [2.24, 2.45) is 0 Å². The Kier molecular flexibility index (Phi) is 2.21. The Hall–Kier alpha value is -1.28. The molecule has 1 aliphatic carbocycles. The molecule has 1 aromatic carbocycles. The average Bonchev–Trinajstić information content (AvgIpc) is 3.02. The van der Waals surface area contributed by atoms with E-state index in [0.717, 1.165) is 0 Å². The molecule has 4 rings (SSSR count). The van der Waals surface area contributed by atoms with Crippen LogP contribution < -0.4 is 4.90 Å². The Morgan fingerprint density at radius 3 is 2.84 bits per heavy atom. The lowest BCUT2D eigenvalue weighted by Gasteiger charge is -2.40. The molecule has 1 aliphatic heterocycles. The van der Waals surface area contributed by atoms with Gasteiger partial charge in [0.15, 0.2) is 0 Å². The van der Waals surface area contributed by atoms with Crippen LogP contribution in [0, 0.1) is 6.92 Å². The van der Waals surface area contributed by atoms with Crippen molar-refractivity contribution in [2.75, 3.05) is 4.90 Å². The maximum absolute atomic E-state index is 2.66. The van der Waals surface area contributed by atoms with Crippen LogP contribution in [0.3, 0.4) is 0 Å². The summed E-state index contributed by atoms with van der Waals surface area (Å²) in [6.07, 6.45) is 1.28. The molecule has 0 radical (unpaired) electrons. The van der Waals surface area contributed by atoms with Crippen LogP contribution in [-0.4, -0.2) is 6.04 Å². The topological polar surface area (TPSA) is 3.24 Å². The third-order valence-electron chi connectivity index (χ3n) is 5.30. The minimum atomic E-state index is 0.336. The molecular formula is C17H19NS. The molecule has 1 saturated heterocycles. The standard InChI is InChI=1S/C17H19NS/c1-11-6-4-5-7-14(11)18-12(2)17(3)10-15(18)16-13(17)8-9-19-16/h4-9,12,15H,10H2,1-3H3/t12-,15?,17?/m0/s1. The van der Waals surface area contributed by atoms with E-state index in [0.29, 0.717) is 17.5 Å². The normalized spacial score (nSPS) is 31.8. The van der Waals surface area contributed by atoms with Gasteiger partial charge in [-0.15, -0.1) is 11.3 Å². The number of hydrogen-bond acceptors (Lipinski definition) is 2. The Labute approximate surface area is 118 Å². The first-order valence-corrected chi connectivity index (χ1v) is 7.93. The van der Waals surface area contributed by atoms with Crippen LogP contribution in [0.5, 0.6) is 0 Å². The van der Waals surface area contributed by atoms with Gasteiger partial charge in [-0.25, -0.2) is 0 Å². The first-order valence-electron chi connectivity index (χ1n) is 7.05. The maximum atomic E-state index is 2.66. The largest absolute Gasteiger partial charge is 0.360 e. The summed E-state index contributed by atoms with van der Waals surface area (Å²) >= 11 is 1.94. The molecule has 2 aromatic rings. The molecule has 0 amide bonds. The quantitative estimate of drug-likeness (QED) is 0.727. The minimum absolute atomic E-state index is 0.336. The second kappa shape index (κ2) is 3.63. The Morgan fingerprint density at radius 1 is 1.26 bits per heavy atom. The fourth-order valence-electron chi connectivity index (χ4n) is 4.08. The lowest BCUT2D eigenvalue weighted by atomic mass is 9.80. The highest BCUT2D eigenvalue weighted by Crippen LogP contribution is 2.60. The summed E-state index contributed by atoms with van der Waals surface area (Å²) in [5, 5.41) is 2.27. The number of benzene rings is 1. The number of rotatable bonds is 1. The molecular weight excluding hydrogens is 250 g/mol.